The van der Waals surface area contributed by atoms with E-state index < -0.39 is 46.6 Å². The van der Waals surface area contributed by atoms with E-state index in [1.54, 1.807) is 0 Å². The van der Waals surface area contributed by atoms with Gasteiger partial charge in [-0.25, -0.2) is 8.78 Å². The standard InChI is InChI=1S/C14H17F3N2O3/c1-6(2)4-9(14(22)18-3)19-13(21)7-5-8(15)11(17)12(20)10(7)16/h5-6,9,20H,4H2,1-3H3,(H,18,22)(H,19,21)/t9-/m1/s1. The Morgan fingerprint density at radius 3 is 2.32 bits per heavy atom. The Hall–Kier alpha value is -2.25. The number of hydrogen-bond acceptors (Lipinski definition) is 3. The average molecular weight is 318 g/mol. The molecule has 0 aliphatic carbocycles. The van der Waals surface area contributed by atoms with Gasteiger partial charge in [-0.2, -0.15) is 4.39 Å². The topological polar surface area (TPSA) is 78.4 Å². The van der Waals surface area contributed by atoms with Crippen molar-refractivity contribution in [3.63, 3.8) is 0 Å². The first kappa shape index (κ1) is 17.8. The van der Waals surface area contributed by atoms with Gasteiger partial charge < -0.3 is 15.7 Å². The Balaban J connectivity index is 3.07. The minimum absolute atomic E-state index is 0.0470. The lowest BCUT2D eigenvalue weighted by atomic mass is 10.0. The third-order valence-electron chi connectivity index (χ3n) is 2.95. The summed E-state index contributed by atoms with van der Waals surface area (Å²) in [5.74, 6) is -8.09. The van der Waals surface area contributed by atoms with E-state index >= 15 is 0 Å². The van der Waals surface area contributed by atoms with Gasteiger partial charge in [-0.05, 0) is 18.4 Å². The Morgan fingerprint density at radius 1 is 1.23 bits per heavy atom. The molecule has 2 amide bonds. The SMILES string of the molecule is CNC(=O)[C@@H](CC(C)C)NC(=O)c1cc(F)c(F)c(O)c1F. The van der Waals surface area contributed by atoms with Gasteiger partial charge in [0.1, 0.15) is 6.04 Å². The van der Waals surface area contributed by atoms with Crippen LogP contribution in [0.15, 0.2) is 6.07 Å². The number of rotatable bonds is 5. The first-order chi connectivity index (χ1) is 10.2. The van der Waals surface area contributed by atoms with E-state index in [2.05, 4.69) is 10.6 Å². The minimum Gasteiger partial charge on any atom is -0.503 e. The molecule has 0 heterocycles. The molecule has 1 aromatic rings. The molecule has 1 atom stereocenters. The second kappa shape index (κ2) is 7.15. The number of aromatic hydroxyl groups is 1. The van der Waals surface area contributed by atoms with E-state index in [1.807, 2.05) is 13.8 Å². The number of halogens is 3. The Bertz CT molecular complexity index is 591. The number of carbonyl (C=O) groups is 2. The number of phenols is 1. The van der Waals surface area contributed by atoms with E-state index in [0.717, 1.165) is 0 Å². The number of amides is 2. The second-order valence-corrected chi connectivity index (χ2v) is 5.15. The molecule has 22 heavy (non-hydrogen) atoms. The Kier molecular flexibility index (Phi) is 5.78. The lowest BCUT2D eigenvalue weighted by molar-refractivity contribution is -0.122. The highest BCUT2D eigenvalue weighted by Gasteiger charge is 2.26. The van der Waals surface area contributed by atoms with Gasteiger partial charge in [-0.3, -0.25) is 9.59 Å². The highest BCUT2D eigenvalue weighted by atomic mass is 19.2. The average Bonchev–Trinajstić information content (AvgIpc) is 2.46. The molecule has 0 bridgehead atoms. The number of nitrogens with one attached hydrogen (secondary N) is 2. The summed E-state index contributed by atoms with van der Waals surface area (Å²) in [6.45, 7) is 3.62. The van der Waals surface area contributed by atoms with Gasteiger partial charge in [0, 0.05) is 7.05 Å². The minimum atomic E-state index is -1.78. The first-order valence-electron chi connectivity index (χ1n) is 6.57. The summed E-state index contributed by atoms with van der Waals surface area (Å²) in [5.41, 5.74) is -0.881. The van der Waals surface area contributed by atoms with E-state index in [1.165, 1.54) is 7.05 Å². The van der Waals surface area contributed by atoms with Crippen molar-refractivity contribution in [2.24, 2.45) is 5.92 Å². The third kappa shape index (κ3) is 3.90. The zero-order valence-corrected chi connectivity index (χ0v) is 12.3. The molecule has 0 spiro atoms. The maximum atomic E-state index is 13.7. The highest BCUT2D eigenvalue weighted by Crippen LogP contribution is 2.25. The van der Waals surface area contributed by atoms with Crippen molar-refractivity contribution in [2.45, 2.75) is 26.3 Å². The maximum Gasteiger partial charge on any atom is 0.255 e. The molecule has 0 aliphatic rings. The van der Waals surface area contributed by atoms with E-state index in [-0.39, 0.29) is 12.3 Å². The molecule has 0 unspecified atom stereocenters. The van der Waals surface area contributed by atoms with Crippen molar-refractivity contribution in [1.29, 1.82) is 0 Å². The fourth-order valence-corrected chi connectivity index (χ4v) is 1.87. The molecule has 5 nitrogen and oxygen atoms in total. The predicted molar refractivity (Wildman–Crippen MR) is 72.8 cm³/mol. The van der Waals surface area contributed by atoms with E-state index in [0.29, 0.717) is 6.07 Å². The third-order valence-corrected chi connectivity index (χ3v) is 2.95. The molecule has 8 heteroatoms. The zero-order valence-electron chi connectivity index (χ0n) is 12.3. The van der Waals surface area contributed by atoms with Crippen LogP contribution >= 0.6 is 0 Å². The van der Waals surface area contributed by atoms with E-state index in [4.69, 9.17) is 5.11 Å². The predicted octanol–water partition coefficient (Wildman–Crippen LogP) is 1.70. The van der Waals surface area contributed by atoms with Crippen molar-refractivity contribution in [3.8, 4) is 5.75 Å². The normalized spacial score (nSPS) is 12.1. The van der Waals surface area contributed by atoms with Crippen LogP contribution in [-0.4, -0.2) is 30.0 Å². The quantitative estimate of drug-likeness (QED) is 0.723. The summed E-state index contributed by atoms with van der Waals surface area (Å²) in [5, 5.41) is 13.7. The Morgan fingerprint density at radius 2 is 1.82 bits per heavy atom. The smallest absolute Gasteiger partial charge is 0.255 e. The van der Waals surface area contributed by atoms with Crippen LogP contribution < -0.4 is 10.6 Å². The largest absolute Gasteiger partial charge is 0.503 e. The van der Waals surface area contributed by atoms with Gasteiger partial charge in [-0.15, -0.1) is 0 Å². The highest BCUT2D eigenvalue weighted by molar-refractivity contribution is 5.98. The first-order valence-corrected chi connectivity index (χ1v) is 6.57. The summed E-state index contributed by atoms with van der Waals surface area (Å²) in [4.78, 5) is 23.6. The molecule has 0 aromatic heterocycles. The summed E-state index contributed by atoms with van der Waals surface area (Å²) in [7, 11) is 1.37. The van der Waals surface area contributed by atoms with Crippen molar-refractivity contribution in [2.75, 3.05) is 7.05 Å². The lowest BCUT2D eigenvalue weighted by Crippen LogP contribution is -2.46. The molecule has 0 fully saturated rings. The summed E-state index contributed by atoms with van der Waals surface area (Å²) >= 11 is 0. The molecule has 0 saturated carbocycles. The molecule has 1 aromatic carbocycles. The van der Waals surface area contributed by atoms with Gasteiger partial charge in [0.15, 0.2) is 17.4 Å². The van der Waals surface area contributed by atoms with Crippen molar-refractivity contribution >= 4 is 11.8 Å². The lowest BCUT2D eigenvalue weighted by Gasteiger charge is -2.19. The van der Waals surface area contributed by atoms with Gasteiger partial charge >= 0.3 is 0 Å². The van der Waals surface area contributed by atoms with Gasteiger partial charge in [0.05, 0.1) is 5.56 Å². The maximum absolute atomic E-state index is 13.7. The van der Waals surface area contributed by atoms with Crippen LogP contribution in [0.2, 0.25) is 0 Å². The van der Waals surface area contributed by atoms with Crippen LogP contribution in [0.5, 0.6) is 5.75 Å². The molecular weight excluding hydrogens is 301 g/mol. The van der Waals surface area contributed by atoms with Crippen molar-refractivity contribution in [3.05, 3.63) is 29.1 Å². The summed E-state index contributed by atoms with van der Waals surface area (Å²) in [6.07, 6.45) is 0.267. The fourth-order valence-electron chi connectivity index (χ4n) is 1.87. The second-order valence-electron chi connectivity index (χ2n) is 5.15. The van der Waals surface area contributed by atoms with Crippen LogP contribution in [0, 0.1) is 23.4 Å². The molecule has 1 rings (SSSR count). The Labute approximate surface area is 125 Å². The van der Waals surface area contributed by atoms with Crippen LogP contribution in [0.4, 0.5) is 13.2 Å². The molecule has 122 valence electrons. The van der Waals surface area contributed by atoms with Gasteiger partial charge in [0.25, 0.3) is 5.91 Å². The van der Waals surface area contributed by atoms with Crippen LogP contribution in [0.1, 0.15) is 30.6 Å². The number of likely N-dealkylation sites (N-methyl/N-ethyl adjacent to an activating group) is 1. The fraction of sp³-hybridized carbons (Fsp3) is 0.429. The van der Waals surface area contributed by atoms with Crippen LogP contribution in [0.3, 0.4) is 0 Å². The van der Waals surface area contributed by atoms with Gasteiger partial charge in [0.2, 0.25) is 11.7 Å². The number of benzene rings is 1. The molecule has 0 radical (unpaired) electrons. The number of carbonyl (C=O) groups excluding carboxylic acids is 2. The van der Waals surface area contributed by atoms with Gasteiger partial charge in [-0.1, -0.05) is 13.8 Å². The van der Waals surface area contributed by atoms with Crippen LogP contribution in [-0.2, 0) is 4.79 Å². The molecule has 3 N–H and O–H groups in total. The molecule has 0 aliphatic heterocycles. The molecule has 0 saturated heterocycles. The number of phenolic OH excluding ortho intramolecular Hbond substituents is 1. The monoisotopic (exact) mass is 318 g/mol. The van der Waals surface area contributed by atoms with Crippen LogP contribution in [0.25, 0.3) is 0 Å². The van der Waals surface area contributed by atoms with E-state index in [9.17, 15) is 22.8 Å². The number of hydrogen-bond donors (Lipinski definition) is 3. The van der Waals surface area contributed by atoms with Crippen molar-refractivity contribution < 1.29 is 27.9 Å². The summed E-state index contributed by atoms with van der Waals surface area (Å²) < 4.78 is 39.9. The van der Waals surface area contributed by atoms with Crippen molar-refractivity contribution in [1.82, 2.24) is 10.6 Å². The molecular formula is C14H17F3N2O3. The zero-order chi connectivity index (χ0) is 17.0. The summed E-state index contributed by atoms with van der Waals surface area (Å²) in [6, 6.07) is -0.636.